The zero-order valence-corrected chi connectivity index (χ0v) is 12.4. The van der Waals surface area contributed by atoms with Gasteiger partial charge in [0.1, 0.15) is 0 Å². The molecule has 1 heterocycles. The van der Waals surface area contributed by atoms with Crippen LogP contribution in [0.25, 0.3) is 0 Å². The molecule has 2 rings (SSSR count). The number of aliphatic hydroxyl groups excluding tert-OH is 1. The molecular weight excluding hydrogens is 288 g/mol. The van der Waals surface area contributed by atoms with Gasteiger partial charge in [-0.2, -0.15) is 0 Å². The summed E-state index contributed by atoms with van der Waals surface area (Å²) in [5.74, 6) is 0.0474. The van der Waals surface area contributed by atoms with Gasteiger partial charge in [-0.15, -0.1) is 0 Å². The standard InChI is InChI=1S/C15H18N2O3S/c18-12-15-3-1-14(2-4-15)11-17-21(19,20)10-7-13-5-8-16-9-6-13/h1-6,8-9,17-18H,7,10-12H2. The van der Waals surface area contributed by atoms with Crippen LogP contribution < -0.4 is 4.72 Å². The first kappa shape index (κ1) is 15.6. The first-order valence-corrected chi connectivity index (χ1v) is 8.29. The van der Waals surface area contributed by atoms with Crippen LogP contribution >= 0.6 is 0 Å². The van der Waals surface area contributed by atoms with Crippen molar-refractivity contribution in [1.29, 1.82) is 0 Å². The van der Waals surface area contributed by atoms with Gasteiger partial charge in [0.25, 0.3) is 0 Å². The first-order chi connectivity index (χ1) is 10.1. The fraction of sp³-hybridized carbons (Fsp3) is 0.267. The van der Waals surface area contributed by atoms with E-state index in [2.05, 4.69) is 9.71 Å². The minimum atomic E-state index is -3.31. The van der Waals surface area contributed by atoms with Gasteiger partial charge in [-0.05, 0) is 35.2 Å². The van der Waals surface area contributed by atoms with E-state index in [9.17, 15) is 8.42 Å². The lowest BCUT2D eigenvalue weighted by Crippen LogP contribution is -2.26. The predicted octanol–water partition coefficient (Wildman–Crippen LogP) is 1.24. The molecule has 0 bridgehead atoms. The second-order valence-corrected chi connectivity index (χ2v) is 6.65. The summed E-state index contributed by atoms with van der Waals surface area (Å²) in [4.78, 5) is 3.90. The third-order valence-corrected chi connectivity index (χ3v) is 4.44. The lowest BCUT2D eigenvalue weighted by atomic mass is 10.1. The molecular formula is C15H18N2O3S. The summed E-state index contributed by atoms with van der Waals surface area (Å²) in [5, 5.41) is 8.95. The molecule has 112 valence electrons. The maximum atomic E-state index is 11.9. The smallest absolute Gasteiger partial charge is 0.212 e. The van der Waals surface area contributed by atoms with Crippen LogP contribution in [0.15, 0.2) is 48.8 Å². The Morgan fingerprint density at radius 2 is 1.57 bits per heavy atom. The molecule has 0 aliphatic heterocycles. The quantitative estimate of drug-likeness (QED) is 0.806. The van der Waals surface area contributed by atoms with Crippen molar-refractivity contribution in [3.63, 3.8) is 0 Å². The van der Waals surface area contributed by atoms with Crippen LogP contribution in [-0.4, -0.2) is 24.3 Å². The van der Waals surface area contributed by atoms with Crippen molar-refractivity contribution in [3.05, 3.63) is 65.5 Å². The molecule has 1 aromatic heterocycles. The monoisotopic (exact) mass is 306 g/mol. The second kappa shape index (κ2) is 7.31. The molecule has 0 fully saturated rings. The zero-order chi connectivity index (χ0) is 15.1. The molecule has 2 aromatic rings. The molecule has 2 N–H and O–H groups in total. The average Bonchev–Trinajstić information content (AvgIpc) is 2.53. The van der Waals surface area contributed by atoms with Crippen molar-refractivity contribution in [2.45, 2.75) is 19.6 Å². The lowest BCUT2D eigenvalue weighted by molar-refractivity contribution is 0.282. The fourth-order valence-corrected chi connectivity index (χ4v) is 2.87. The Hall–Kier alpha value is -1.76. The van der Waals surface area contributed by atoms with Crippen molar-refractivity contribution in [2.75, 3.05) is 5.75 Å². The van der Waals surface area contributed by atoms with Crippen LogP contribution in [-0.2, 0) is 29.6 Å². The maximum Gasteiger partial charge on any atom is 0.212 e. The predicted molar refractivity (Wildman–Crippen MR) is 80.9 cm³/mol. The van der Waals surface area contributed by atoms with E-state index in [1.807, 2.05) is 12.1 Å². The number of nitrogens with zero attached hydrogens (tertiary/aromatic N) is 1. The maximum absolute atomic E-state index is 11.9. The minimum absolute atomic E-state index is 0.0159. The number of hydrogen-bond donors (Lipinski definition) is 2. The SMILES string of the molecule is O=S(=O)(CCc1ccncc1)NCc1ccc(CO)cc1. The summed E-state index contributed by atoms with van der Waals surface area (Å²) in [5.41, 5.74) is 2.61. The van der Waals surface area contributed by atoms with Crippen molar-refractivity contribution in [1.82, 2.24) is 9.71 Å². The van der Waals surface area contributed by atoms with Crippen LogP contribution in [0, 0.1) is 0 Å². The number of nitrogens with one attached hydrogen (secondary N) is 1. The van der Waals surface area contributed by atoms with E-state index < -0.39 is 10.0 Å². The van der Waals surface area contributed by atoms with Crippen LogP contribution in [0.4, 0.5) is 0 Å². The summed E-state index contributed by atoms with van der Waals surface area (Å²) >= 11 is 0. The highest BCUT2D eigenvalue weighted by Gasteiger charge is 2.10. The Morgan fingerprint density at radius 3 is 2.19 bits per heavy atom. The number of benzene rings is 1. The summed E-state index contributed by atoms with van der Waals surface area (Å²) in [6.45, 7) is 0.238. The van der Waals surface area contributed by atoms with Gasteiger partial charge in [0.15, 0.2) is 0 Å². The Kier molecular flexibility index (Phi) is 5.44. The molecule has 0 aliphatic carbocycles. The van der Waals surface area contributed by atoms with Crippen molar-refractivity contribution < 1.29 is 13.5 Å². The molecule has 0 unspecified atom stereocenters. The van der Waals surface area contributed by atoms with Crippen LogP contribution in [0.1, 0.15) is 16.7 Å². The van der Waals surface area contributed by atoms with E-state index in [4.69, 9.17) is 5.11 Å². The van der Waals surface area contributed by atoms with Gasteiger partial charge in [0, 0.05) is 18.9 Å². The molecule has 0 radical (unpaired) electrons. The number of rotatable bonds is 7. The van der Waals surface area contributed by atoms with Crippen molar-refractivity contribution in [2.24, 2.45) is 0 Å². The van der Waals surface area contributed by atoms with Crippen LogP contribution in [0.2, 0.25) is 0 Å². The average molecular weight is 306 g/mol. The van der Waals surface area contributed by atoms with E-state index in [0.29, 0.717) is 6.42 Å². The Morgan fingerprint density at radius 1 is 0.952 bits per heavy atom. The number of aryl methyl sites for hydroxylation is 1. The second-order valence-electron chi connectivity index (χ2n) is 4.72. The van der Waals surface area contributed by atoms with Crippen molar-refractivity contribution >= 4 is 10.0 Å². The lowest BCUT2D eigenvalue weighted by Gasteiger charge is -2.07. The molecule has 0 saturated carbocycles. The highest BCUT2D eigenvalue weighted by Crippen LogP contribution is 2.05. The largest absolute Gasteiger partial charge is 0.392 e. The van der Waals surface area contributed by atoms with Crippen LogP contribution in [0.3, 0.4) is 0 Å². The molecule has 6 heteroatoms. The minimum Gasteiger partial charge on any atom is -0.392 e. The van der Waals surface area contributed by atoms with Gasteiger partial charge in [-0.25, -0.2) is 13.1 Å². The number of sulfonamides is 1. The summed E-state index contributed by atoms with van der Waals surface area (Å²) in [6, 6.07) is 10.8. The zero-order valence-electron chi connectivity index (χ0n) is 11.6. The van der Waals surface area contributed by atoms with E-state index in [0.717, 1.165) is 16.7 Å². The van der Waals surface area contributed by atoms with E-state index in [1.54, 1.807) is 36.7 Å². The number of pyridine rings is 1. The molecule has 0 spiro atoms. The number of hydrogen-bond acceptors (Lipinski definition) is 4. The normalized spacial score (nSPS) is 11.5. The van der Waals surface area contributed by atoms with Gasteiger partial charge >= 0.3 is 0 Å². The molecule has 0 saturated heterocycles. The first-order valence-electron chi connectivity index (χ1n) is 6.64. The molecule has 5 nitrogen and oxygen atoms in total. The topological polar surface area (TPSA) is 79.3 Å². The third-order valence-electron chi connectivity index (χ3n) is 3.11. The van der Waals surface area contributed by atoms with Gasteiger partial charge in [0.05, 0.1) is 12.4 Å². The fourth-order valence-electron chi connectivity index (χ4n) is 1.83. The van der Waals surface area contributed by atoms with Gasteiger partial charge in [-0.1, -0.05) is 24.3 Å². The van der Waals surface area contributed by atoms with E-state index >= 15 is 0 Å². The molecule has 0 amide bonds. The Bertz CT molecular complexity index is 655. The van der Waals surface area contributed by atoms with E-state index in [-0.39, 0.29) is 18.9 Å². The summed E-state index contributed by atoms with van der Waals surface area (Å²) in [7, 11) is -3.31. The van der Waals surface area contributed by atoms with Crippen LogP contribution in [0.5, 0.6) is 0 Å². The molecule has 0 aliphatic rings. The summed E-state index contributed by atoms with van der Waals surface area (Å²) < 4.78 is 26.4. The molecule has 0 atom stereocenters. The van der Waals surface area contributed by atoms with E-state index in [1.165, 1.54) is 0 Å². The third kappa shape index (κ3) is 5.26. The molecule has 21 heavy (non-hydrogen) atoms. The summed E-state index contributed by atoms with van der Waals surface area (Å²) in [6.07, 6.45) is 3.76. The van der Waals surface area contributed by atoms with Gasteiger partial charge in [-0.3, -0.25) is 4.98 Å². The van der Waals surface area contributed by atoms with Crippen molar-refractivity contribution in [3.8, 4) is 0 Å². The number of aliphatic hydroxyl groups is 1. The Labute approximate surface area is 124 Å². The van der Waals surface area contributed by atoms with Gasteiger partial charge < -0.3 is 5.11 Å². The van der Waals surface area contributed by atoms with Gasteiger partial charge in [0.2, 0.25) is 10.0 Å². The highest BCUT2D eigenvalue weighted by atomic mass is 32.2. The highest BCUT2D eigenvalue weighted by molar-refractivity contribution is 7.89. The molecule has 1 aromatic carbocycles. The number of aromatic nitrogens is 1. The Balaban J connectivity index is 1.85.